The largest absolute Gasteiger partial charge is 0.386 e. The predicted octanol–water partition coefficient (Wildman–Crippen LogP) is -0.391. The van der Waals surface area contributed by atoms with Crippen molar-refractivity contribution in [2.24, 2.45) is 14.1 Å². The van der Waals surface area contributed by atoms with Gasteiger partial charge in [-0.3, -0.25) is 18.7 Å². The van der Waals surface area contributed by atoms with Crippen molar-refractivity contribution in [1.29, 1.82) is 0 Å². The first-order valence-corrected chi connectivity index (χ1v) is 7.06. The van der Waals surface area contributed by atoms with Crippen LogP contribution in [0.3, 0.4) is 0 Å². The molecule has 0 radical (unpaired) electrons. The normalized spacial score (nSPS) is 12.1. The van der Waals surface area contributed by atoms with E-state index >= 15 is 0 Å². The van der Waals surface area contributed by atoms with Crippen LogP contribution in [0.15, 0.2) is 33.2 Å². The molecule has 0 aliphatic carbocycles. The Kier molecular flexibility index (Phi) is 4.39. The Morgan fingerprint density at radius 2 is 2.10 bits per heavy atom. The van der Waals surface area contributed by atoms with Crippen molar-refractivity contribution in [3.8, 4) is 0 Å². The van der Waals surface area contributed by atoms with Gasteiger partial charge in [-0.15, -0.1) is 11.3 Å². The second-order valence-electron chi connectivity index (χ2n) is 4.51. The van der Waals surface area contributed by atoms with Gasteiger partial charge < -0.3 is 10.4 Å². The number of carbonyl (C=O) groups is 1. The molecular formula is C13H15N3O4S. The van der Waals surface area contributed by atoms with Crippen molar-refractivity contribution in [2.75, 3.05) is 6.54 Å². The van der Waals surface area contributed by atoms with Gasteiger partial charge in [-0.2, -0.15) is 0 Å². The molecule has 0 aliphatic rings. The monoisotopic (exact) mass is 309 g/mol. The van der Waals surface area contributed by atoms with Crippen LogP contribution in [-0.4, -0.2) is 26.7 Å². The van der Waals surface area contributed by atoms with E-state index in [1.54, 1.807) is 12.1 Å². The maximum atomic E-state index is 12.0. The smallest absolute Gasteiger partial charge is 0.331 e. The fraction of sp³-hybridized carbons (Fsp3) is 0.308. The third kappa shape index (κ3) is 3.11. The number of nitrogens with zero attached hydrogens (tertiary/aromatic N) is 2. The van der Waals surface area contributed by atoms with E-state index < -0.39 is 23.3 Å². The maximum Gasteiger partial charge on any atom is 0.331 e. The van der Waals surface area contributed by atoms with Gasteiger partial charge in [0.25, 0.3) is 11.5 Å². The van der Waals surface area contributed by atoms with E-state index in [1.165, 1.54) is 25.4 Å². The summed E-state index contributed by atoms with van der Waals surface area (Å²) in [6.45, 7) is 0.00273. The molecule has 0 aromatic carbocycles. The number of hydrogen-bond donors (Lipinski definition) is 2. The molecule has 0 fully saturated rings. The summed E-state index contributed by atoms with van der Waals surface area (Å²) < 4.78 is 2.01. The van der Waals surface area contributed by atoms with Crippen molar-refractivity contribution >= 4 is 17.2 Å². The Bertz CT molecular complexity index is 761. The lowest BCUT2D eigenvalue weighted by Crippen LogP contribution is -2.41. The van der Waals surface area contributed by atoms with Crippen LogP contribution in [0, 0.1) is 0 Å². The number of amides is 1. The molecule has 8 heteroatoms. The highest BCUT2D eigenvalue weighted by molar-refractivity contribution is 7.10. The van der Waals surface area contributed by atoms with Crippen LogP contribution in [0.2, 0.25) is 0 Å². The van der Waals surface area contributed by atoms with Crippen molar-refractivity contribution < 1.29 is 9.90 Å². The van der Waals surface area contributed by atoms with Gasteiger partial charge >= 0.3 is 5.69 Å². The summed E-state index contributed by atoms with van der Waals surface area (Å²) in [5.74, 6) is -0.581. The van der Waals surface area contributed by atoms with Crippen molar-refractivity contribution in [3.05, 3.63) is 55.0 Å². The number of carbonyl (C=O) groups excluding carboxylic acids is 1. The third-order valence-corrected chi connectivity index (χ3v) is 4.06. The van der Waals surface area contributed by atoms with Gasteiger partial charge in [0, 0.05) is 31.6 Å². The molecule has 2 heterocycles. The molecule has 7 nitrogen and oxygen atoms in total. The minimum atomic E-state index is -0.822. The molecule has 0 bridgehead atoms. The zero-order chi connectivity index (χ0) is 15.6. The summed E-state index contributed by atoms with van der Waals surface area (Å²) in [6, 6.07) is 4.65. The number of nitrogens with one attached hydrogen (secondary N) is 1. The molecule has 2 aromatic heterocycles. The summed E-state index contributed by atoms with van der Waals surface area (Å²) in [5, 5.41) is 14.2. The topological polar surface area (TPSA) is 93.3 Å². The summed E-state index contributed by atoms with van der Waals surface area (Å²) >= 11 is 1.38. The van der Waals surface area contributed by atoms with E-state index in [0.717, 1.165) is 20.1 Å². The van der Waals surface area contributed by atoms with E-state index in [-0.39, 0.29) is 12.2 Å². The highest BCUT2D eigenvalue weighted by Gasteiger charge is 2.15. The fourth-order valence-electron chi connectivity index (χ4n) is 1.81. The molecule has 1 atom stereocenters. The van der Waals surface area contributed by atoms with E-state index in [9.17, 15) is 19.5 Å². The molecule has 2 rings (SSSR count). The van der Waals surface area contributed by atoms with Gasteiger partial charge in [-0.1, -0.05) is 6.07 Å². The zero-order valence-electron chi connectivity index (χ0n) is 11.6. The standard InChI is InChI=1S/C13H15N3O4S/c1-15-8(6-11(18)16(2)13(15)20)12(19)14-7-9(17)10-4-3-5-21-10/h3-6,9,17H,7H2,1-2H3,(H,14,19)/t9-/m1/s1. The Balaban J connectivity index is 2.15. The summed E-state index contributed by atoms with van der Waals surface area (Å²) in [6.07, 6.45) is -0.822. The maximum absolute atomic E-state index is 12.0. The van der Waals surface area contributed by atoms with Crippen LogP contribution in [0.1, 0.15) is 21.5 Å². The van der Waals surface area contributed by atoms with Crippen LogP contribution < -0.4 is 16.6 Å². The van der Waals surface area contributed by atoms with E-state index in [0.29, 0.717) is 0 Å². The molecule has 2 N–H and O–H groups in total. The van der Waals surface area contributed by atoms with E-state index in [4.69, 9.17) is 0 Å². The third-order valence-electron chi connectivity index (χ3n) is 3.09. The second-order valence-corrected chi connectivity index (χ2v) is 5.49. The highest BCUT2D eigenvalue weighted by atomic mass is 32.1. The lowest BCUT2D eigenvalue weighted by Gasteiger charge is -2.12. The lowest BCUT2D eigenvalue weighted by molar-refractivity contribution is 0.0908. The first kappa shape index (κ1) is 15.2. The number of aliphatic hydroxyl groups is 1. The number of hydrogen-bond acceptors (Lipinski definition) is 5. The molecule has 21 heavy (non-hydrogen) atoms. The van der Waals surface area contributed by atoms with Gasteiger partial charge in [0.1, 0.15) is 11.8 Å². The zero-order valence-corrected chi connectivity index (χ0v) is 12.4. The quantitative estimate of drug-likeness (QED) is 0.804. The molecule has 0 unspecified atom stereocenters. The molecule has 2 aromatic rings. The van der Waals surface area contributed by atoms with Gasteiger partial charge in [-0.25, -0.2) is 4.79 Å². The molecule has 112 valence electrons. The Hall–Kier alpha value is -2.19. The van der Waals surface area contributed by atoms with E-state index in [1.807, 2.05) is 5.38 Å². The van der Waals surface area contributed by atoms with Gasteiger partial charge in [0.05, 0.1) is 0 Å². The minimum absolute atomic E-state index is 0.00273. The Labute approximate surface area is 124 Å². The number of rotatable bonds is 4. The minimum Gasteiger partial charge on any atom is -0.386 e. The first-order valence-electron chi connectivity index (χ1n) is 6.18. The van der Waals surface area contributed by atoms with Gasteiger partial charge in [0.15, 0.2) is 0 Å². The number of thiophene rings is 1. The van der Waals surface area contributed by atoms with Crippen molar-refractivity contribution in [3.63, 3.8) is 0 Å². The molecule has 0 aliphatic heterocycles. The lowest BCUT2D eigenvalue weighted by atomic mass is 10.3. The van der Waals surface area contributed by atoms with E-state index in [2.05, 4.69) is 5.32 Å². The second kappa shape index (κ2) is 6.06. The van der Waals surface area contributed by atoms with Crippen LogP contribution in [0.25, 0.3) is 0 Å². The SMILES string of the molecule is Cn1c(C(=O)NC[C@@H](O)c2cccs2)cc(=O)n(C)c1=O. The average Bonchev–Trinajstić information content (AvgIpc) is 3.00. The van der Waals surface area contributed by atoms with Crippen LogP contribution in [0.4, 0.5) is 0 Å². The fourth-order valence-corrected chi connectivity index (χ4v) is 2.52. The van der Waals surface area contributed by atoms with Crippen molar-refractivity contribution in [2.45, 2.75) is 6.10 Å². The molecular weight excluding hydrogens is 294 g/mol. The van der Waals surface area contributed by atoms with Crippen LogP contribution >= 0.6 is 11.3 Å². The Morgan fingerprint density at radius 1 is 1.38 bits per heavy atom. The number of aromatic nitrogens is 2. The van der Waals surface area contributed by atoms with Gasteiger partial charge in [-0.05, 0) is 11.4 Å². The molecule has 0 saturated heterocycles. The molecule has 1 amide bonds. The summed E-state index contributed by atoms with van der Waals surface area (Å²) in [7, 11) is 2.75. The predicted molar refractivity (Wildman–Crippen MR) is 78.5 cm³/mol. The average molecular weight is 309 g/mol. The summed E-state index contributed by atoms with van der Waals surface area (Å²) in [4.78, 5) is 36.1. The molecule has 0 saturated carbocycles. The molecule has 0 spiro atoms. The highest BCUT2D eigenvalue weighted by Crippen LogP contribution is 2.17. The van der Waals surface area contributed by atoms with Crippen molar-refractivity contribution in [1.82, 2.24) is 14.5 Å². The van der Waals surface area contributed by atoms with Crippen LogP contribution in [-0.2, 0) is 14.1 Å². The first-order chi connectivity index (χ1) is 9.91. The number of aliphatic hydroxyl groups excluding tert-OH is 1. The summed E-state index contributed by atoms with van der Waals surface area (Å²) in [5.41, 5.74) is -1.17. The Morgan fingerprint density at radius 3 is 2.71 bits per heavy atom. The van der Waals surface area contributed by atoms with Gasteiger partial charge in [0.2, 0.25) is 0 Å². The van der Waals surface area contributed by atoms with Crippen LogP contribution in [0.5, 0.6) is 0 Å².